The van der Waals surface area contributed by atoms with Gasteiger partial charge in [-0.3, -0.25) is 9.63 Å². The number of hydroxylamine groups is 2. The van der Waals surface area contributed by atoms with Crippen LogP contribution in [0.25, 0.3) is 0 Å². The summed E-state index contributed by atoms with van der Waals surface area (Å²) in [4.78, 5) is 18.9. The number of rotatable bonds is 22. The number of benzene rings is 1. The molecule has 0 radical (unpaired) electrons. The van der Waals surface area contributed by atoms with Crippen molar-refractivity contribution in [3.63, 3.8) is 0 Å². The summed E-state index contributed by atoms with van der Waals surface area (Å²) in [7, 11) is -2.54. The molecule has 0 aromatic heterocycles. The van der Waals surface area contributed by atoms with Crippen molar-refractivity contribution in [3.8, 4) is 5.75 Å². The molecule has 1 amide bonds. The fourth-order valence-corrected chi connectivity index (χ4v) is 10.1. The van der Waals surface area contributed by atoms with Crippen molar-refractivity contribution in [2.45, 2.75) is 174 Å². The molecule has 1 heterocycles. The number of ether oxygens (including phenoxy) is 3. The zero-order chi connectivity index (χ0) is 44.2. The van der Waals surface area contributed by atoms with Crippen LogP contribution in [0.2, 0.25) is 54.4 Å². The average Bonchev–Trinajstić information content (AvgIpc) is 3.78. The first-order valence-corrected chi connectivity index (χ1v) is 29.5. The summed E-state index contributed by atoms with van der Waals surface area (Å²) >= 11 is 0. The fraction of sp³-hybridized carbons (Fsp3) is 0.795. The third-order valence-electron chi connectivity index (χ3n) is 13.6. The number of hydrogen-bond acceptors (Lipinski definition) is 9. The quantitative estimate of drug-likeness (QED) is 0.0528. The smallest absolute Gasteiger partial charge is 0.248 e. The molecule has 0 bridgehead atoms. The Hall–Kier alpha value is -1.40. The Labute approximate surface area is 351 Å². The van der Waals surface area contributed by atoms with Crippen molar-refractivity contribution in [1.29, 1.82) is 0 Å². The maximum Gasteiger partial charge on any atom is 0.248 e. The van der Waals surface area contributed by atoms with Gasteiger partial charge in [0.15, 0.2) is 25.0 Å². The van der Waals surface area contributed by atoms with Crippen LogP contribution in [0.3, 0.4) is 0 Å². The first kappa shape index (κ1) is 51.7. The minimum Gasteiger partial charge on any atom is -0.497 e. The second kappa shape index (κ2) is 19.5. The predicted molar refractivity (Wildman–Crippen MR) is 240 cm³/mol. The number of hydrogen-bond donors (Lipinski definition) is 1. The summed E-state index contributed by atoms with van der Waals surface area (Å²) in [6.45, 7) is 42.9. The molecule has 0 aliphatic carbocycles. The van der Waals surface area contributed by atoms with Gasteiger partial charge in [-0.15, -0.1) is 6.58 Å². The Bertz CT molecular complexity index is 1430. The van der Waals surface area contributed by atoms with Crippen molar-refractivity contribution in [3.05, 3.63) is 42.5 Å². The Morgan fingerprint density at radius 2 is 1.40 bits per heavy atom. The lowest BCUT2D eigenvalue weighted by atomic mass is 9.78. The van der Waals surface area contributed by atoms with E-state index in [9.17, 15) is 9.90 Å². The number of carbonyl (C=O) groups excluding carboxylic acids is 1. The van der Waals surface area contributed by atoms with Crippen molar-refractivity contribution in [2.75, 3.05) is 34.5 Å². The zero-order valence-electron chi connectivity index (χ0n) is 39.6. The van der Waals surface area contributed by atoms with Crippen molar-refractivity contribution >= 4 is 30.9 Å². The van der Waals surface area contributed by atoms with Crippen LogP contribution in [-0.2, 0) is 39.0 Å². The Kier molecular flexibility index (Phi) is 17.7. The van der Waals surface area contributed by atoms with Crippen molar-refractivity contribution in [1.82, 2.24) is 5.06 Å². The molecule has 1 aromatic carbocycles. The van der Waals surface area contributed by atoms with Crippen LogP contribution < -0.4 is 4.74 Å². The summed E-state index contributed by atoms with van der Waals surface area (Å²) in [5.74, 6) is -0.603. The Morgan fingerprint density at radius 3 is 1.86 bits per heavy atom. The maximum absolute atomic E-state index is 13.6. The van der Waals surface area contributed by atoms with Crippen LogP contribution in [0.1, 0.15) is 88.1 Å². The van der Waals surface area contributed by atoms with Crippen LogP contribution >= 0.6 is 0 Å². The van der Waals surface area contributed by atoms with Crippen LogP contribution in [0.4, 0.5) is 0 Å². The first-order valence-electron chi connectivity index (χ1n) is 20.8. The molecule has 0 unspecified atom stereocenters. The number of aliphatic hydroxyl groups excluding tert-OH is 1. The van der Waals surface area contributed by atoms with Gasteiger partial charge in [0, 0.05) is 31.4 Å². The molecule has 1 aliphatic heterocycles. The van der Waals surface area contributed by atoms with E-state index in [0.29, 0.717) is 13.2 Å². The average molecular weight is 854 g/mol. The summed E-state index contributed by atoms with van der Waals surface area (Å²) < 4.78 is 39.9. The normalized spacial score (nSPS) is 21.6. The second-order valence-electron chi connectivity index (χ2n) is 21.1. The highest BCUT2D eigenvalue weighted by Gasteiger charge is 2.65. The Morgan fingerprint density at radius 1 is 0.895 bits per heavy atom. The fourth-order valence-electron chi connectivity index (χ4n) is 6.34. The summed E-state index contributed by atoms with van der Waals surface area (Å²) in [6, 6.07) is 7.90. The Balaban J connectivity index is 2.70. The standard InChI is InChI=1S/C44H83NO9Si3/c1-22-34(36(27-37(46)45(13)49-15)53-56(18,19)42(6,7)8)38(47)35(30-51-55(16,17)41(3,4)5)40(54-57(20,21)43(9,10)11)44(12)39(52-44)31(2)28-50-29-32-23-25-33(48-14)26-24-32/h22-26,31,34-36,38-40,47H,1,27-30H2,2-21H3/t31-,34-,35-,36-,38+,39+,40-,44+/m0/s1. The number of amides is 1. The first-order chi connectivity index (χ1) is 25.8. The lowest BCUT2D eigenvalue weighted by molar-refractivity contribution is -0.171. The molecule has 1 N–H and O–H groups in total. The van der Waals surface area contributed by atoms with E-state index in [0.717, 1.165) is 11.3 Å². The minimum absolute atomic E-state index is 0.00707. The van der Waals surface area contributed by atoms with Crippen LogP contribution in [-0.4, -0.2) is 106 Å². The molecule has 1 aromatic rings. The van der Waals surface area contributed by atoms with Crippen LogP contribution in [0.15, 0.2) is 36.9 Å². The summed E-state index contributed by atoms with van der Waals surface area (Å²) in [5.41, 5.74) is 0.307. The molecule has 10 nitrogen and oxygen atoms in total. The topological polar surface area (TPSA) is 108 Å². The predicted octanol–water partition coefficient (Wildman–Crippen LogP) is 10.00. The number of nitrogens with zero attached hydrogens (tertiary/aromatic N) is 1. The van der Waals surface area contributed by atoms with E-state index >= 15 is 0 Å². The third kappa shape index (κ3) is 13.3. The summed E-state index contributed by atoms with van der Waals surface area (Å²) in [6.07, 6.45) is -0.714. The second-order valence-corrected chi connectivity index (χ2v) is 35.4. The van der Waals surface area contributed by atoms with Gasteiger partial charge in [0.2, 0.25) is 5.91 Å². The van der Waals surface area contributed by atoms with Gasteiger partial charge in [-0.25, -0.2) is 5.06 Å². The molecule has 1 fully saturated rings. The van der Waals surface area contributed by atoms with Crippen molar-refractivity contribution in [2.24, 2.45) is 17.8 Å². The van der Waals surface area contributed by atoms with Gasteiger partial charge in [-0.05, 0) is 79.0 Å². The monoisotopic (exact) mass is 854 g/mol. The lowest BCUT2D eigenvalue weighted by Gasteiger charge is -2.47. The van der Waals surface area contributed by atoms with Gasteiger partial charge in [0.1, 0.15) is 11.4 Å². The maximum atomic E-state index is 13.6. The molecule has 1 aliphatic rings. The minimum atomic E-state index is -2.49. The van der Waals surface area contributed by atoms with E-state index in [4.69, 9.17) is 32.3 Å². The lowest BCUT2D eigenvalue weighted by Crippen LogP contribution is -2.57. The largest absolute Gasteiger partial charge is 0.497 e. The highest BCUT2D eigenvalue weighted by molar-refractivity contribution is 6.75. The van der Waals surface area contributed by atoms with E-state index in [1.54, 1.807) is 20.2 Å². The number of aliphatic hydroxyl groups is 1. The molecule has 0 saturated carbocycles. The molecular weight excluding hydrogens is 771 g/mol. The number of epoxide rings is 1. The number of carbonyl (C=O) groups is 1. The highest BCUT2D eigenvalue weighted by Crippen LogP contribution is 2.52. The molecule has 2 rings (SSSR count). The molecule has 1 saturated heterocycles. The molecule has 57 heavy (non-hydrogen) atoms. The SMILES string of the molecule is C=C[C@H]([C@@H](O)[C@H](CO[Si](C)(C)C(C)(C)C)[C@H](O[Si](C)(C)C(C)(C)C)[C@]1(C)O[C@@H]1[C@@H](C)COCc1ccc(OC)cc1)[C@H](CC(=O)N(C)OC)O[Si](C)(C)C(C)(C)C. The van der Waals surface area contributed by atoms with E-state index in [2.05, 4.69) is 122 Å². The van der Waals surface area contributed by atoms with E-state index in [1.165, 1.54) is 12.2 Å². The van der Waals surface area contributed by atoms with Gasteiger partial charge >= 0.3 is 0 Å². The molecule has 0 spiro atoms. The van der Waals surface area contributed by atoms with Crippen LogP contribution in [0.5, 0.6) is 5.75 Å². The van der Waals surface area contributed by atoms with E-state index in [1.807, 2.05) is 24.3 Å². The third-order valence-corrected chi connectivity index (χ3v) is 27.1. The van der Waals surface area contributed by atoms with Gasteiger partial charge < -0.3 is 32.6 Å². The number of methoxy groups -OCH3 is 1. The molecule has 13 heteroatoms. The zero-order valence-corrected chi connectivity index (χ0v) is 42.6. The van der Waals surface area contributed by atoms with E-state index < -0.39 is 60.7 Å². The summed E-state index contributed by atoms with van der Waals surface area (Å²) in [5, 5.41) is 13.9. The highest BCUT2D eigenvalue weighted by atomic mass is 28.4. The van der Waals surface area contributed by atoms with Crippen molar-refractivity contribution < 1.29 is 42.2 Å². The molecule has 330 valence electrons. The van der Waals surface area contributed by atoms with Gasteiger partial charge in [-0.2, -0.15) is 0 Å². The van der Waals surface area contributed by atoms with Gasteiger partial charge in [-0.1, -0.05) is 87.4 Å². The molecular formula is C44H83NO9Si3. The van der Waals surface area contributed by atoms with Gasteiger partial charge in [0.05, 0.1) is 58.3 Å². The molecule has 8 atom stereocenters. The van der Waals surface area contributed by atoms with E-state index in [-0.39, 0.29) is 46.1 Å². The van der Waals surface area contributed by atoms with Crippen LogP contribution in [0, 0.1) is 17.8 Å². The van der Waals surface area contributed by atoms with Gasteiger partial charge in [0.25, 0.3) is 0 Å².